The molecule has 1 aromatic heterocycles. The molecule has 4 rings (SSSR count). The first-order chi connectivity index (χ1) is 10.8. The molecule has 2 aromatic rings. The molecule has 0 aliphatic carbocycles. The second kappa shape index (κ2) is 4.82. The van der Waals surface area contributed by atoms with Gasteiger partial charge in [-0.15, -0.1) is 0 Å². The minimum Gasteiger partial charge on any atom is -0.399 e. The van der Waals surface area contributed by atoms with Gasteiger partial charge in [-0.3, -0.25) is 0 Å². The SMILES string of the molecule is CC1(C)OB(c2c3n(c4cc(F)ccc24)CCOC3)OC1(C)C. The number of halogens is 1. The van der Waals surface area contributed by atoms with Gasteiger partial charge in [0.05, 0.1) is 29.9 Å². The summed E-state index contributed by atoms with van der Waals surface area (Å²) in [5, 5.41) is 0.977. The molecule has 0 radical (unpaired) electrons. The molecule has 3 heterocycles. The molecular weight excluding hydrogens is 296 g/mol. The van der Waals surface area contributed by atoms with Crippen LogP contribution in [0.5, 0.6) is 0 Å². The fourth-order valence-electron chi connectivity index (χ4n) is 3.36. The van der Waals surface area contributed by atoms with Crippen LogP contribution >= 0.6 is 0 Å². The Morgan fingerprint density at radius 2 is 1.83 bits per heavy atom. The van der Waals surface area contributed by atoms with E-state index in [0.29, 0.717) is 13.2 Å². The smallest absolute Gasteiger partial charge is 0.399 e. The van der Waals surface area contributed by atoms with Gasteiger partial charge in [0, 0.05) is 17.7 Å². The largest absolute Gasteiger partial charge is 0.497 e. The molecule has 4 nitrogen and oxygen atoms in total. The third-order valence-corrected chi connectivity index (χ3v) is 5.36. The summed E-state index contributed by atoms with van der Waals surface area (Å²) in [7, 11) is -0.467. The van der Waals surface area contributed by atoms with Crippen LogP contribution in [0.3, 0.4) is 0 Å². The lowest BCUT2D eigenvalue weighted by Crippen LogP contribution is -2.41. The molecule has 0 spiro atoms. The van der Waals surface area contributed by atoms with Crippen LogP contribution in [0.15, 0.2) is 18.2 Å². The van der Waals surface area contributed by atoms with E-state index in [1.165, 1.54) is 6.07 Å². The lowest BCUT2D eigenvalue weighted by molar-refractivity contribution is 0.00578. The molecule has 1 saturated heterocycles. The minimum atomic E-state index is -0.467. The van der Waals surface area contributed by atoms with E-state index >= 15 is 0 Å². The first kappa shape index (κ1) is 15.2. The van der Waals surface area contributed by atoms with Gasteiger partial charge in [-0.2, -0.15) is 0 Å². The summed E-state index contributed by atoms with van der Waals surface area (Å²) in [6.07, 6.45) is 0. The monoisotopic (exact) mass is 317 g/mol. The minimum absolute atomic E-state index is 0.232. The maximum Gasteiger partial charge on any atom is 0.497 e. The maximum atomic E-state index is 13.7. The summed E-state index contributed by atoms with van der Waals surface area (Å²) in [5.74, 6) is -0.232. The number of rotatable bonds is 1. The highest BCUT2D eigenvalue weighted by Gasteiger charge is 2.53. The van der Waals surface area contributed by atoms with Crippen molar-refractivity contribution in [2.75, 3.05) is 6.61 Å². The number of ether oxygens (including phenoxy) is 1. The number of nitrogens with zero attached hydrogens (tertiary/aromatic N) is 1. The molecule has 0 unspecified atom stereocenters. The Hall–Kier alpha value is -1.37. The van der Waals surface area contributed by atoms with Crippen molar-refractivity contribution in [2.45, 2.75) is 52.0 Å². The molecule has 1 aromatic carbocycles. The number of hydrogen-bond donors (Lipinski definition) is 0. The zero-order valence-electron chi connectivity index (χ0n) is 14.0. The highest BCUT2D eigenvalue weighted by atomic mass is 19.1. The molecule has 6 heteroatoms. The normalized spacial score (nSPS) is 22.6. The zero-order valence-corrected chi connectivity index (χ0v) is 14.0. The van der Waals surface area contributed by atoms with E-state index < -0.39 is 18.3 Å². The van der Waals surface area contributed by atoms with Gasteiger partial charge in [-0.05, 0) is 45.2 Å². The Balaban J connectivity index is 1.91. The Kier molecular flexibility index (Phi) is 3.18. The van der Waals surface area contributed by atoms with Crippen LogP contribution in [0.1, 0.15) is 33.4 Å². The molecule has 2 aliphatic heterocycles. The first-order valence-corrected chi connectivity index (χ1v) is 8.04. The zero-order chi connectivity index (χ0) is 16.4. The van der Waals surface area contributed by atoms with Gasteiger partial charge in [0.2, 0.25) is 0 Å². The van der Waals surface area contributed by atoms with Crippen LogP contribution < -0.4 is 5.46 Å². The lowest BCUT2D eigenvalue weighted by Gasteiger charge is -2.32. The van der Waals surface area contributed by atoms with E-state index in [1.54, 1.807) is 6.07 Å². The number of hydrogen-bond acceptors (Lipinski definition) is 3. The Labute approximate surface area is 135 Å². The third-order valence-electron chi connectivity index (χ3n) is 5.36. The topological polar surface area (TPSA) is 32.6 Å². The molecule has 0 saturated carbocycles. The fourth-order valence-corrected chi connectivity index (χ4v) is 3.36. The van der Waals surface area contributed by atoms with E-state index in [0.717, 1.165) is 28.6 Å². The summed E-state index contributed by atoms with van der Waals surface area (Å²) >= 11 is 0. The molecule has 1 fully saturated rings. The van der Waals surface area contributed by atoms with Crippen LogP contribution in [0.2, 0.25) is 0 Å². The lowest BCUT2D eigenvalue weighted by atomic mass is 9.76. The highest BCUT2D eigenvalue weighted by molar-refractivity contribution is 6.65. The van der Waals surface area contributed by atoms with Crippen molar-refractivity contribution >= 4 is 23.5 Å². The standard InChI is InChI=1S/C17H21BFNO3/c1-16(2)17(3,4)23-18(22-16)15-12-6-5-11(19)9-13(12)20-7-8-21-10-14(15)20/h5-6,9H,7-8,10H2,1-4H3. The highest BCUT2D eigenvalue weighted by Crippen LogP contribution is 2.38. The van der Waals surface area contributed by atoms with Crippen LogP contribution in [-0.2, 0) is 27.2 Å². The number of benzene rings is 1. The fraction of sp³-hybridized carbons (Fsp3) is 0.529. The van der Waals surface area contributed by atoms with E-state index in [9.17, 15) is 4.39 Å². The van der Waals surface area contributed by atoms with Gasteiger partial charge < -0.3 is 18.6 Å². The Bertz CT molecular complexity index is 768. The van der Waals surface area contributed by atoms with Crippen molar-refractivity contribution in [3.8, 4) is 0 Å². The molecule has 0 amide bonds. The quantitative estimate of drug-likeness (QED) is 0.758. The second-order valence-corrected chi connectivity index (χ2v) is 7.31. The molecule has 0 bridgehead atoms. The third kappa shape index (κ3) is 2.16. The maximum absolute atomic E-state index is 13.7. The van der Waals surface area contributed by atoms with E-state index in [2.05, 4.69) is 4.57 Å². The van der Waals surface area contributed by atoms with Gasteiger partial charge in [0.25, 0.3) is 0 Å². The van der Waals surface area contributed by atoms with Crippen LogP contribution in [-0.4, -0.2) is 29.5 Å². The molecule has 122 valence electrons. The van der Waals surface area contributed by atoms with Crippen molar-refractivity contribution in [1.82, 2.24) is 4.57 Å². The second-order valence-electron chi connectivity index (χ2n) is 7.31. The number of fused-ring (bicyclic) bond motifs is 3. The van der Waals surface area contributed by atoms with Crippen LogP contribution in [0.25, 0.3) is 10.9 Å². The van der Waals surface area contributed by atoms with E-state index in [4.69, 9.17) is 14.0 Å². The molecule has 0 N–H and O–H groups in total. The van der Waals surface area contributed by atoms with Crippen molar-refractivity contribution in [2.24, 2.45) is 0 Å². The van der Waals surface area contributed by atoms with Gasteiger partial charge in [-0.25, -0.2) is 4.39 Å². The van der Waals surface area contributed by atoms with Crippen molar-refractivity contribution in [3.05, 3.63) is 29.7 Å². The van der Waals surface area contributed by atoms with E-state index in [-0.39, 0.29) is 5.82 Å². The first-order valence-electron chi connectivity index (χ1n) is 8.04. The summed E-state index contributed by atoms with van der Waals surface area (Å²) < 4.78 is 33.9. The summed E-state index contributed by atoms with van der Waals surface area (Å²) in [4.78, 5) is 0. The summed E-state index contributed by atoms with van der Waals surface area (Å²) in [6, 6.07) is 4.89. The summed E-state index contributed by atoms with van der Waals surface area (Å²) in [5.41, 5.74) is 2.06. The van der Waals surface area contributed by atoms with Crippen LogP contribution in [0.4, 0.5) is 4.39 Å². The predicted molar refractivity (Wildman–Crippen MR) is 87.3 cm³/mol. The number of aromatic nitrogens is 1. The van der Waals surface area contributed by atoms with Gasteiger partial charge in [0.1, 0.15) is 5.82 Å². The van der Waals surface area contributed by atoms with Crippen LogP contribution in [0, 0.1) is 5.82 Å². The molecule has 23 heavy (non-hydrogen) atoms. The summed E-state index contributed by atoms with van der Waals surface area (Å²) in [6.45, 7) is 9.99. The average Bonchev–Trinajstić information content (AvgIpc) is 2.90. The predicted octanol–water partition coefficient (Wildman–Crippen LogP) is 2.61. The average molecular weight is 317 g/mol. The molecule has 2 aliphatic rings. The Morgan fingerprint density at radius 3 is 2.52 bits per heavy atom. The van der Waals surface area contributed by atoms with E-state index in [1.807, 2.05) is 33.8 Å². The molecular formula is C17H21BFNO3. The molecule has 0 atom stereocenters. The Morgan fingerprint density at radius 1 is 1.13 bits per heavy atom. The van der Waals surface area contributed by atoms with Crippen molar-refractivity contribution < 1.29 is 18.4 Å². The van der Waals surface area contributed by atoms with Gasteiger partial charge in [0.15, 0.2) is 0 Å². The van der Waals surface area contributed by atoms with Gasteiger partial charge >= 0.3 is 7.12 Å². The van der Waals surface area contributed by atoms with Crippen molar-refractivity contribution in [3.63, 3.8) is 0 Å². The van der Waals surface area contributed by atoms with Gasteiger partial charge in [-0.1, -0.05) is 6.07 Å². The van der Waals surface area contributed by atoms with Crippen molar-refractivity contribution in [1.29, 1.82) is 0 Å².